The van der Waals surface area contributed by atoms with Crippen LogP contribution in [0.25, 0.3) is 0 Å². The molecular formula is C9H19NO. The molecule has 0 aromatic carbocycles. The second-order valence-corrected chi connectivity index (χ2v) is 3.69. The third-order valence-electron chi connectivity index (χ3n) is 1.20. The Morgan fingerprint density at radius 1 is 1.45 bits per heavy atom. The van der Waals surface area contributed by atoms with Crippen molar-refractivity contribution in [1.29, 1.82) is 0 Å². The molecule has 0 atom stereocenters. The van der Waals surface area contributed by atoms with E-state index in [1.807, 2.05) is 33.8 Å². The fourth-order valence-electron chi connectivity index (χ4n) is 0.590. The van der Waals surface area contributed by atoms with Crippen LogP contribution in [0.5, 0.6) is 0 Å². The molecule has 0 heterocycles. The molecule has 0 rings (SSSR count). The summed E-state index contributed by atoms with van der Waals surface area (Å²) in [6.07, 6.45) is 1.98. The summed E-state index contributed by atoms with van der Waals surface area (Å²) in [5.74, 6) is 0. The minimum atomic E-state index is -0.0519. The highest BCUT2D eigenvalue weighted by molar-refractivity contribution is 4.99. The van der Waals surface area contributed by atoms with Gasteiger partial charge in [-0.2, -0.15) is 0 Å². The summed E-state index contributed by atoms with van der Waals surface area (Å²) in [7, 11) is 0. The Morgan fingerprint density at radius 3 is 2.36 bits per heavy atom. The van der Waals surface area contributed by atoms with Crippen molar-refractivity contribution in [3.8, 4) is 0 Å². The van der Waals surface area contributed by atoms with Gasteiger partial charge in [0.05, 0.1) is 12.2 Å². The lowest BCUT2D eigenvalue weighted by Gasteiger charge is -2.19. The summed E-state index contributed by atoms with van der Waals surface area (Å²) in [6.45, 7) is 9.44. The van der Waals surface area contributed by atoms with E-state index in [-0.39, 0.29) is 5.60 Å². The highest BCUT2D eigenvalue weighted by Crippen LogP contribution is 2.08. The molecule has 0 aliphatic heterocycles. The van der Waals surface area contributed by atoms with Crippen molar-refractivity contribution in [1.82, 2.24) is 0 Å². The molecule has 2 heteroatoms. The van der Waals surface area contributed by atoms with Crippen molar-refractivity contribution in [3.05, 3.63) is 11.6 Å². The number of ether oxygens (including phenoxy) is 1. The van der Waals surface area contributed by atoms with Crippen LogP contribution in [-0.2, 0) is 4.74 Å². The maximum absolute atomic E-state index is 5.52. The van der Waals surface area contributed by atoms with E-state index < -0.39 is 0 Å². The van der Waals surface area contributed by atoms with Gasteiger partial charge in [0.2, 0.25) is 0 Å². The summed E-state index contributed by atoms with van der Waals surface area (Å²) in [6, 6.07) is 0. The zero-order valence-corrected chi connectivity index (χ0v) is 7.98. The van der Waals surface area contributed by atoms with Gasteiger partial charge in [-0.1, -0.05) is 11.6 Å². The highest BCUT2D eigenvalue weighted by atomic mass is 16.5. The predicted octanol–water partition coefficient (Wildman–Crippen LogP) is 1.71. The molecule has 0 unspecified atom stereocenters. The van der Waals surface area contributed by atoms with Crippen LogP contribution in [-0.4, -0.2) is 18.8 Å². The number of hydrogen-bond acceptors (Lipinski definition) is 2. The molecule has 0 aromatic heterocycles. The van der Waals surface area contributed by atoms with Crippen molar-refractivity contribution >= 4 is 0 Å². The van der Waals surface area contributed by atoms with E-state index in [0.29, 0.717) is 13.2 Å². The first kappa shape index (κ1) is 10.7. The van der Waals surface area contributed by atoms with Gasteiger partial charge in [-0.05, 0) is 27.7 Å². The minimum Gasteiger partial charge on any atom is -0.372 e. The molecule has 0 radical (unpaired) electrons. The van der Waals surface area contributed by atoms with Crippen LogP contribution in [0.15, 0.2) is 11.6 Å². The highest BCUT2D eigenvalue weighted by Gasteiger charge is 2.08. The van der Waals surface area contributed by atoms with Crippen molar-refractivity contribution in [2.75, 3.05) is 13.2 Å². The van der Waals surface area contributed by atoms with E-state index in [1.54, 1.807) is 0 Å². The molecule has 0 aliphatic carbocycles. The zero-order valence-electron chi connectivity index (χ0n) is 7.98. The Bertz CT molecular complexity index is 133. The Morgan fingerprint density at radius 2 is 2.00 bits per heavy atom. The Kier molecular flexibility index (Phi) is 4.38. The molecule has 0 aliphatic rings. The van der Waals surface area contributed by atoms with E-state index >= 15 is 0 Å². The fourth-order valence-corrected chi connectivity index (χ4v) is 0.590. The Hall–Kier alpha value is -0.340. The van der Waals surface area contributed by atoms with E-state index in [9.17, 15) is 0 Å². The molecule has 0 fully saturated rings. The van der Waals surface area contributed by atoms with Crippen LogP contribution in [0.1, 0.15) is 27.7 Å². The van der Waals surface area contributed by atoms with Gasteiger partial charge in [0.1, 0.15) is 0 Å². The lowest BCUT2D eigenvalue weighted by atomic mass is 10.2. The second-order valence-electron chi connectivity index (χ2n) is 3.69. The molecule has 11 heavy (non-hydrogen) atoms. The second kappa shape index (κ2) is 4.52. The molecule has 66 valence electrons. The lowest BCUT2D eigenvalue weighted by Crippen LogP contribution is -2.20. The van der Waals surface area contributed by atoms with E-state index in [4.69, 9.17) is 10.5 Å². The van der Waals surface area contributed by atoms with Crippen LogP contribution in [0.2, 0.25) is 0 Å². The summed E-state index contributed by atoms with van der Waals surface area (Å²) < 4.78 is 5.52. The average molecular weight is 157 g/mol. The predicted molar refractivity (Wildman–Crippen MR) is 48.5 cm³/mol. The van der Waals surface area contributed by atoms with Crippen molar-refractivity contribution in [3.63, 3.8) is 0 Å². The van der Waals surface area contributed by atoms with Gasteiger partial charge in [-0.3, -0.25) is 0 Å². The molecule has 2 N–H and O–H groups in total. The van der Waals surface area contributed by atoms with Gasteiger partial charge < -0.3 is 10.5 Å². The average Bonchev–Trinajstić information content (AvgIpc) is 1.83. The van der Waals surface area contributed by atoms with Crippen LogP contribution in [0, 0.1) is 0 Å². The van der Waals surface area contributed by atoms with Gasteiger partial charge in [-0.15, -0.1) is 0 Å². The molecule has 0 bridgehead atoms. The van der Waals surface area contributed by atoms with Crippen LogP contribution >= 0.6 is 0 Å². The third-order valence-corrected chi connectivity index (χ3v) is 1.20. The maximum Gasteiger partial charge on any atom is 0.0681 e. The molecule has 0 aromatic rings. The molecule has 0 saturated carbocycles. The third kappa shape index (κ3) is 7.56. The number of rotatable bonds is 3. The zero-order chi connectivity index (χ0) is 8.91. The van der Waals surface area contributed by atoms with E-state index in [1.165, 1.54) is 5.57 Å². The van der Waals surface area contributed by atoms with Crippen molar-refractivity contribution < 1.29 is 4.74 Å². The van der Waals surface area contributed by atoms with E-state index in [0.717, 1.165) is 0 Å². The Balaban J connectivity index is 3.62. The molecule has 0 spiro atoms. The van der Waals surface area contributed by atoms with Crippen LogP contribution in [0.3, 0.4) is 0 Å². The molecule has 0 amide bonds. The van der Waals surface area contributed by atoms with Gasteiger partial charge in [0.25, 0.3) is 0 Å². The first-order valence-corrected chi connectivity index (χ1v) is 3.95. The fraction of sp³-hybridized carbons (Fsp3) is 0.778. The molecule has 2 nitrogen and oxygen atoms in total. The van der Waals surface area contributed by atoms with E-state index in [2.05, 4.69) is 0 Å². The first-order valence-electron chi connectivity index (χ1n) is 3.95. The molecule has 0 saturated heterocycles. The number of nitrogens with two attached hydrogens (primary N) is 1. The number of hydrogen-bond donors (Lipinski definition) is 1. The van der Waals surface area contributed by atoms with Crippen LogP contribution in [0.4, 0.5) is 0 Å². The Labute approximate surface area is 69.4 Å². The largest absolute Gasteiger partial charge is 0.372 e. The van der Waals surface area contributed by atoms with Gasteiger partial charge >= 0.3 is 0 Å². The van der Waals surface area contributed by atoms with Gasteiger partial charge in [-0.25, -0.2) is 0 Å². The topological polar surface area (TPSA) is 35.2 Å². The summed E-state index contributed by atoms with van der Waals surface area (Å²) >= 11 is 0. The normalized spacial score (nSPS) is 13.7. The molecular weight excluding hydrogens is 138 g/mol. The first-order chi connectivity index (χ1) is 4.95. The standard InChI is InChI=1S/C9H19NO/c1-8(5-6-10)7-11-9(2,3)4/h5H,6-7,10H2,1-4H3/b8-5+. The summed E-state index contributed by atoms with van der Waals surface area (Å²) in [5.41, 5.74) is 6.48. The van der Waals surface area contributed by atoms with Gasteiger partial charge in [0.15, 0.2) is 0 Å². The van der Waals surface area contributed by atoms with Gasteiger partial charge in [0, 0.05) is 6.54 Å². The van der Waals surface area contributed by atoms with Crippen molar-refractivity contribution in [2.45, 2.75) is 33.3 Å². The van der Waals surface area contributed by atoms with Crippen LogP contribution < -0.4 is 5.73 Å². The maximum atomic E-state index is 5.52. The summed E-state index contributed by atoms with van der Waals surface area (Å²) in [5, 5.41) is 0. The monoisotopic (exact) mass is 157 g/mol. The summed E-state index contributed by atoms with van der Waals surface area (Å²) in [4.78, 5) is 0. The van der Waals surface area contributed by atoms with Crippen molar-refractivity contribution in [2.24, 2.45) is 5.73 Å². The smallest absolute Gasteiger partial charge is 0.0681 e. The lowest BCUT2D eigenvalue weighted by molar-refractivity contribution is 0.0111. The SMILES string of the molecule is C/C(=C\CN)COC(C)(C)C. The quantitative estimate of drug-likeness (QED) is 0.633. The minimum absolute atomic E-state index is 0.0519.